The maximum Gasteiger partial charge on any atom is 0.0621 e. The Hall–Kier alpha value is -0.590. The van der Waals surface area contributed by atoms with Crippen LogP contribution in [0.1, 0.15) is 33.1 Å². The maximum absolute atomic E-state index is 8.42. The number of nitrogens with zero attached hydrogens (tertiary/aromatic N) is 2. The van der Waals surface area contributed by atoms with Crippen LogP contribution in [0.4, 0.5) is 0 Å². The van der Waals surface area contributed by atoms with Crippen molar-refractivity contribution in [3.8, 4) is 6.07 Å². The molecule has 0 spiro atoms. The van der Waals surface area contributed by atoms with Gasteiger partial charge in [0.2, 0.25) is 0 Å². The molecule has 1 aliphatic heterocycles. The van der Waals surface area contributed by atoms with E-state index in [1.807, 2.05) is 0 Å². The lowest BCUT2D eigenvalue weighted by Gasteiger charge is -2.37. The average molecular weight is 195 g/mol. The fourth-order valence-corrected chi connectivity index (χ4v) is 1.93. The quantitative estimate of drug-likeness (QED) is 0.688. The van der Waals surface area contributed by atoms with Gasteiger partial charge in [-0.1, -0.05) is 0 Å². The van der Waals surface area contributed by atoms with E-state index in [9.17, 15) is 0 Å². The number of hydrogen-bond donors (Lipinski definition) is 1. The molecule has 1 saturated heterocycles. The van der Waals surface area contributed by atoms with E-state index < -0.39 is 0 Å². The maximum atomic E-state index is 8.42. The predicted octanol–water partition coefficient (Wildman–Crippen LogP) is 1.36. The molecule has 1 N–H and O–H groups in total. The highest BCUT2D eigenvalue weighted by Crippen LogP contribution is 2.08. The second-order valence-corrected chi connectivity index (χ2v) is 4.27. The molecule has 0 aromatic rings. The molecule has 0 bridgehead atoms. The molecule has 0 aromatic heterocycles. The predicted molar refractivity (Wildman–Crippen MR) is 58.0 cm³/mol. The van der Waals surface area contributed by atoms with Crippen LogP contribution in [-0.4, -0.2) is 36.6 Å². The second-order valence-electron chi connectivity index (χ2n) is 4.27. The summed E-state index contributed by atoms with van der Waals surface area (Å²) in [6.07, 6.45) is 2.90. The third-order valence-electron chi connectivity index (χ3n) is 2.88. The van der Waals surface area contributed by atoms with E-state index in [-0.39, 0.29) is 0 Å². The molecule has 2 atom stereocenters. The molecule has 0 aromatic carbocycles. The Morgan fingerprint density at radius 2 is 2.21 bits per heavy atom. The van der Waals surface area contributed by atoms with Crippen LogP contribution in [0, 0.1) is 11.3 Å². The standard InChI is InChI=1S/C11H21N3/c1-10-9-14(11(2)8-13-10)7-5-3-4-6-12/h10-11,13H,3-5,7-9H2,1-2H3. The number of hydrogen-bond acceptors (Lipinski definition) is 3. The van der Waals surface area contributed by atoms with E-state index in [0.717, 1.165) is 32.5 Å². The minimum Gasteiger partial charge on any atom is -0.311 e. The topological polar surface area (TPSA) is 39.1 Å². The lowest BCUT2D eigenvalue weighted by atomic mass is 10.1. The summed E-state index contributed by atoms with van der Waals surface area (Å²) in [4.78, 5) is 2.53. The molecule has 2 unspecified atom stereocenters. The zero-order chi connectivity index (χ0) is 10.4. The van der Waals surface area contributed by atoms with Crippen molar-refractivity contribution in [2.45, 2.75) is 45.2 Å². The molecule has 0 amide bonds. The van der Waals surface area contributed by atoms with Crippen LogP contribution in [0.25, 0.3) is 0 Å². The van der Waals surface area contributed by atoms with Crippen molar-refractivity contribution in [1.82, 2.24) is 10.2 Å². The van der Waals surface area contributed by atoms with Crippen LogP contribution in [-0.2, 0) is 0 Å². The van der Waals surface area contributed by atoms with Crippen LogP contribution < -0.4 is 5.32 Å². The van der Waals surface area contributed by atoms with Gasteiger partial charge in [0.25, 0.3) is 0 Å². The first-order valence-corrected chi connectivity index (χ1v) is 5.58. The molecule has 0 saturated carbocycles. The van der Waals surface area contributed by atoms with Crippen molar-refractivity contribution in [2.75, 3.05) is 19.6 Å². The number of nitrogens with one attached hydrogen (secondary N) is 1. The normalized spacial score (nSPS) is 28.6. The summed E-state index contributed by atoms with van der Waals surface area (Å²) in [6.45, 7) is 7.89. The van der Waals surface area contributed by atoms with Gasteiger partial charge >= 0.3 is 0 Å². The molecule has 80 valence electrons. The fourth-order valence-electron chi connectivity index (χ4n) is 1.93. The Morgan fingerprint density at radius 3 is 2.93 bits per heavy atom. The van der Waals surface area contributed by atoms with Crippen molar-refractivity contribution in [1.29, 1.82) is 5.26 Å². The number of piperazine rings is 1. The van der Waals surface area contributed by atoms with Crippen LogP contribution in [0.15, 0.2) is 0 Å². The van der Waals surface area contributed by atoms with E-state index >= 15 is 0 Å². The van der Waals surface area contributed by atoms with Gasteiger partial charge in [0, 0.05) is 31.6 Å². The highest BCUT2D eigenvalue weighted by molar-refractivity contribution is 4.81. The number of rotatable bonds is 4. The van der Waals surface area contributed by atoms with Crippen LogP contribution in [0.5, 0.6) is 0 Å². The first kappa shape index (κ1) is 11.5. The van der Waals surface area contributed by atoms with Crippen molar-refractivity contribution in [3.05, 3.63) is 0 Å². The third-order valence-corrected chi connectivity index (χ3v) is 2.88. The second kappa shape index (κ2) is 6.00. The Morgan fingerprint density at radius 1 is 1.43 bits per heavy atom. The lowest BCUT2D eigenvalue weighted by Crippen LogP contribution is -2.54. The molecule has 14 heavy (non-hydrogen) atoms. The van der Waals surface area contributed by atoms with Crippen molar-refractivity contribution in [3.63, 3.8) is 0 Å². The van der Waals surface area contributed by atoms with Crippen LogP contribution in [0.3, 0.4) is 0 Å². The average Bonchev–Trinajstić information content (AvgIpc) is 2.18. The van der Waals surface area contributed by atoms with E-state index in [1.165, 1.54) is 0 Å². The molecule has 3 heteroatoms. The summed E-state index contributed by atoms with van der Waals surface area (Å²) in [6, 6.07) is 3.45. The monoisotopic (exact) mass is 195 g/mol. The van der Waals surface area contributed by atoms with Crippen molar-refractivity contribution in [2.24, 2.45) is 0 Å². The largest absolute Gasteiger partial charge is 0.311 e. The van der Waals surface area contributed by atoms with Gasteiger partial charge in [-0.15, -0.1) is 0 Å². The van der Waals surface area contributed by atoms with E-state index in [4.69, 9.17) is 5.26 Å². The summed E-state index contributed by atoms with van der Waals surface area (Å²) >= 11 is 0. The zero-order valence-electron chi connectivity index (χ0n) is 9.29. The molecule has 1 fully saturated rings. The van der Waals surface area contributed by atoms with Gasteiger partial charge in [-0.05, 0) is 33.2 Å². The first-order chi connectivity index (χ1) is 6.74. The van der Waals surface area contributed by atoms with E-state index in [1.54, 1.807) is 0 Å². The third kappa shape index (κ3) is 3.65. The fraction of sp³-hybridized carbons (Fsp3) is 0.909. The summed E-state index contributed by atoms with van der Waals surface area (Å²) in [5.74, 6) is 0. The van der Waals surface area contributed by atoms with Crippen LogP contribution >= 0.6 is 0 Å². The molecule has 1 rings (SSSR count). The molecular weight excluding hydrogens is 174 g/mol. The molecule has 0 aliphatic carbocycles. The SMILES string of the molecule is CC1CN(CCCCC#N)C(C)CN1. The molecule has 1 aliphatic rings. The van der Waals surface area contributed by atoms with Gasteiger partial charge in [0.05, 0.1) is 6.07 Å². The Kier molecular flexibility index (Phi) is 4.92. The van der Waals surface area contributed by atoms with Gasteiger partial charge in [-0.2, -0.15) is 5.26 Å². The minimum absolute atomic E-state index is 0.613. The minimum atomic E-state index is 0.613. The summed E-state index contributed by atoms with van der Waals surface area (Å²) < 4.78 is 0. The van der Waals surface area contributed by atoms with Gasteiger partial charge in [0.15, 0.2) is 0 Å². The van der Waals surface area contributed by atoms with Gasteiger partial charge in [-0.25, -0.2) is 0 Å². The smallest absolute Gasteiger partial charge is 0.0621 e. The van der Waals surface area contributed by atoms with Crippen molar-refractivity contribution >= 4 is 0 Å². The molecule has 0 radical (unpaired) electrons. The first-order valence-electron chi connectivity index (χ1n) is 5.58. The van der Waals surface area contributed by atoms with Gasteiger partial charge in [0.1, 0.15) is 0 Å². The van der Waals surface area contributed by atoms with Crippen molar-refractivity contribution < 1.29 is 0 Å². The highest BCUT2D eigenvalue weighted by Gasteiger charge is 2.21. The van der Waals surface area contributed by atoms with E-state index in [0.29, 0.717) is 18.5 Å². The Bertz CT molecular complexity index is 197. The Balaban J connectivity index is 2.18. The zero-order valence-corrected chi connectivity index (χ0v) is 9.29. The Labute approximate surface area is 87.1 Å². The number of nitriles is 1. The summed E-state index contributed by atoms with van der Waals surface area (Å²) in [5, 5.41) is 11.9. The van der Waals surface area contributed by atoms with Gasteiger partial charge in [-0.3, -0.25) is 4.90 Å². The van der Waals surface area contributed by atoms with E-state index in [2.05, 4.69) is 30.1 Å². The molecule has 1 heterocycles. The molecule has 3 nitrogen and oxygen atoms in total. The molecular formula is C11H21N3. The highest BCUT2D eigenvalue weighted by atomic mass is 15.2. The summed E-state index contributed by atoms with van der Waals surface area (Å²) in [7, 11) is 0. The number of unbranched alkanes of at least 4 members (excludes halogenated alkanes) is 2. The van der Waals surface area contributed by atoms with Crippen LogP contribution in [0.2, 0.25) is 0 Å². The summed E-state index contributed by atoms with van der Waals surface area (Å²) in [5.41, 5.74) is 0. The van der Waals surface area contributed by atoms with Gasteiger partial charge < -0.3 is 5.32 Å². The lowest BCUT2D eigenvalue weighted by molar-refractivity contribution is 0.144.